The van der Waals surface area contributed by atoms with E-state index in [9.17, 15) is 4.79 Å². The number of carbonyl (C=O) groups is 1. The lowest BCUT2D eigenvalue weighted by Gasteiger charge is -2.24. The van der Waals surface area contributed by atoms with E-state index < -0.39 is 0 Å². The molecule has 0 spiro atoms. The molecule has 0 aliphatic carbocycles. The Kier molecular flexibility index (Phi) is 4.72. The van der Waals surface area contributed by atoms with Crippen molar-refractivity contribution in [2.75, 3.05) is 11.4 Å². The topological polar surface area (TPSA) is 46.1 Å². The van der Waals surface area contributed by atoms with E-state index in [-0.39, 0.29) is 12.0 Å². The first-order valence-electron chi connectivity index (χ1n) is 9.20. The van der Waals surface area contributed by atoms with Crippen LogP contribution in [0.5, 0.6) is 0 Å². The largest absolute Gasteiger partial charge is 0.338 e. The molecular formula is C21H23N3OS. The minimum atomic E-state index is -0.0537. The van der Waals surface area contributed by atoms with Crippen LogP contribution in [0.2, 0.25) is 0 Å². The SMILES string of the molecule is Cc1ccnc2nc(N3CCC[C@@H]3C(=O)C[C@H](C)c3ccccc3)sc12. The molecule has 2 aromatic heterocycles. The van der Waals surface area contributed by atoms with Crippen molar-refractivity contribution in [3.05, 3.63) is 53.7 Å². The lowest BCUT2D eigenvalue weighted by atomic mass is 9.93. The predicted molar refractivity (Wildman–Crippen MR) is 107 cm³/mol. The maximum atomic E-state index is 13.0. The van der Waals surface area contributed by atoms with Crippen LogP contribution in [0.1, 0.15) is 43.2 Å². The number of aromatic nitrogens is 2. The maximum absolute atomic E-state index is 13.0. The Morgan fingerprint density at radius 2 is 2.12 bits per heavy atom. The van der Waals surface area contributed by atoms with Crippen LogP contribution < -0.4 is 4.90 Å². The van der Waals surface area contributed by atoms with E-state index in [1.807, 2.05) is 24.3 Å². The summed E-state index contributed by atoms with van der Waals surface area (Å²) < 4.78 is 1.12. The van der Waals surface area contributed by atoms with E-state index in [0.717, 1.165) is 34.9 Å². The van der Waals surface area contributed by atoms with E-state index in [4.69, 9.17) is 4.98 Å². The number of ketones is 1. The molecule has 1 aliphatic rings. The fourth-order valence-corrected chi connectivity index (χ4v) is 4.80. The Morgan fingerprint density at radius 1 is 1.31 bits per heavy atom. The summed E-state index contributed by atoms with van der Waals surface area (Å²) >= 11 is 1.66. The van der Waals surface area contributed by atoms with Crippen LogP contribution in [0.15, 0.2) is 42.6 Å². The summed E-state index contributed by atoms with van der Waals surface area (Å²) in [5.74, 6) is 0.563. The number of Topliss-reactive ketones (excluding diaryl/α,β-unsaturated/α-hetero) is 1. The highest BCUT2D eigenvalue weighted by Gasteiger charge is 2.33. The summed E-state index contributed by atoms with van der Waals surface area (Å²) in [5.41, 5.74) is 3.21. The highest BCUT2D eigenvalue weighted by Crippen LogP contribution is 2.35. The molecule has 26 heavy (non-hydrogen) atoms. The van der Waals surface area contributed by atoms with Crippen LogP contribution in [0.4, 0.5) is 5.13 Å². The molecule has 0 bridgehead atoms. The summed E-state index contributed by atoms with van der Waals surface area (Å²) in [7, 11) is 0. The number of aryl methyl sites for hydroxylation is 1. The van der Waals surface area contributed by atoms with Crippen molar-refractivity contribution < 1.29 is 4.79 Å². The number of hydrogen-bond acceptors (Lipinski definition) is 5. The van der Waals surface area contributed by atoms with Crippen LogP contribution in [-0.2, 0) is 4.79 Å². The summed E-state index contributed by atoms with van der Waals surface area (Å²) in [6, 6.07) is 12.3. The van der Waals surface area contributed by atoms with Crippen molar-refractivity contribution in [1.82, 2.24) is 9.97 Å². The zero-order valence-corrected chi connectivity index (χ0v) is 16.0. The fourth-order valence-electron chi connectivity index (χ4n) is 3.73. The summed E-state index contributed by atoms with van der Waals surface area (Å²) in [5, 5.41) is 0.935. The van der Waals surface area contributed by atoms with Gasteiger partial charge in [0.05, 0.1) is 10.7 Å². The normalized spacial score (nSPS) is 18.4. The first-order chi connectivity index (χ1) is 12.6. The van der Waals surface area contributed by atoms with Crippen molar-refractivity contribution in [3.8, 4) is 0 Å². The van der Waals surface area contributed by atoms with Gasteiger partial charge in [-0.25, -0.2) is 4.98 Å². The first kappa shape index (κ1) is 17.2. The zero-order valence-electron chi connectivity index (χ0n) is 15.2. The van der Waals surface area contributed by atoms with Crippen molar-refractivity contribution in [2.45, 2.75) is 45.1 Å². The molecule has 2 atom stereocenters. The monoisotopic (exact) mass is 365 g/mol. The van der Waals surface area contributed by atoms with E-state index in [1.165, 1.54) is 11.1 Å². The highest BCUT2D eigenvalue weighted by molar-refractivity contribution is 7.22. The number of nitrogens with zero attached hydrogens (tertiary/aromatic N) is 3. The number of thiazole rings is 1. The smallest absolute Gasteiger partial charge is 0.188 e. The molecule has 4 rings (SSSR count). The minimum absolute atomic E-state index is 0.0537. The van der Waals surface area contributed by atoms with Crippen molar-refractivity contribution >= 4 is 32.6 Å². The van der Waals surface area contributed by atoms with Crippen LogP contribution in [-0.4, -0.2) is 28.3 Å². The Balaban J connectivity index is 1.54. The van der Waals surface area contributed by atoms with E-state index in [2.05, 4.69) is 35.9 Å². The third kappa shape index (κ3) is 3.23. The molecule has 5 heteroatoms. The number of anilines is 1. The van der Waals surface area contributed by atoms with Crippen molar-refractivity contribution in [3.63, 3.8) is 0 Å². The molecule has 0 radical (unpaired) electrons. The molecule has 3 heterocycles. The second kappa shape index (κ2) is 7.16. The third-order valence-electron chi connectivity index (χ3n) is 5.22. The summed E-state index contributed by atoms with van der Waals surface area (Å²) in [6.45, 7) is 5.12. The molecule has 0 saturated carbocycles. The van der Waals surface area contributed by atoms with Crippen LogP contribution >= 0.6 is 11.3 Å². The second-order valence-corrected chi connectivity index (χ2v) is 8.09. The lowest BCUT2D eigenvalue weighted by molar-refractivity contribution is -0.120. The molecule has 0 N–H and O–H groups in total. The van der Waals surface area contributed by atoms with Gasteiger partial charge in [0, 0.05) is 19.2 Å². The molecule has 4 nitrogen and oxygen atoms in total. The van der Waals surface area contributed by atoms with Crippen molar-refractivity contribution in [1.29, 1.82) is 0 Å². The number of rotatable bonds is 5. The molecule has 134 valence electrons. The molecule has 0 unspecified atom stereocenters. The third-order valence-corrected chi connectivity index (χ3v) is 6.44. The Bertz CT molecular complexity index is 921. The number of benzene rings is 1. The van der Waals surface area contributed by atoms with Gasteiger partial charge < -0.3 is 4.90 Å². The van der Waals surface area contributed by atoms with Gasteiger partial charge in [0.1, 0.15) is 0 Å². The molecule has 3 aromatic rings. The quantitative estimate of drug-likeness (QED) is 0.656. The lowest BCUT2D eigenvalue weighted by Crippen LogP contribution is -2.36. The van der Waals surface area contributed by atoms with Gasteiger partial charge in [-0.2, -0.15) is 4.98 Å². The van der Waals surface area contributed by atoms with Gasteiger partial charge in [0.15, 0.2) is 16.6 Å². The van der Waals surface area contributed by atoms with Gasteiger partial charge in [-0.15, -0.1) is 0 Å². The number of fused-ring (bicyclic) bond motifs is 1. The fraction of sp³-hybridized carbons (Fsp3) is 0.381. The summed E-state index contributed by atoms with van der Waals surface area (Å²) in [4.78, 5) is 24.3. The molecule has 1 aliphatic heterocycles. The van der Waals surface area contributed by atoms with Gasteiger partial charge >= 0.3 is 0 Å². The minimum Gasteiger partial charge on any atom is -0.338 e. The number of carbonyl (C=O) groups excluding carboxylic acids is 1. The molecule has 0 amide bonds. The molecule has 1 aromatic carbocycles. The number of hydrogen-bond donors (Lipinski definition) is 0. The van der Waals surface area contributed by atoms with E-state index >= 15 is 0 Å². The van der Waals surface area contributed by atoms with Gasteiger partial charge in [-0.1, -0.05) is 48.6 Å². The maximum Gasteiger partial charge on any atom is 0.188 e. The Hall–Kier alpha value is -2.27. The van der Waals surface area contributed by atoms with Gasteiger partial charge in [-0.3, -0.25) is 4.79 Å². The molecular weight excluding hydrogens is 342 g/mol. The van der Waals surface area contributed by atoms with Gasteiger partial charge in [0.25, 0.3) is 0 Å². The van der Waals surface area contributed by atoms with Crippen molar-refractivity contribution in [2.24, 2.45) is 0 Å². The molecule has 1 saturated heterocycles. The van der Waals surface area contributed by atoms with E-state index in [1.54, 1.807) is 17.5 Å². The summed E-state index contributed by atoms with van der Waals surface area (Å²) in [6.07, 6.45) is 4.34. The van der Waals surface area contributed by atoms with Gasteiger partial charge in [-0.05, 0) is 42.9 Å². The Labute approximate surface area is 157 Å². The molecule has 1 fully saturated rings. The average molecular weight is 366 g/mol. The van der Waals surface area contributed by atoms with E-state index in [0.29, 0.717) is 12.2 Å². The van der Waals surface area contributed by atoms with Crippen LogP contribution in [0.3, 0.4) is 0 Å². The zero-order chi connectivity index (χ0) is 18.1. The first-order valence-corrected chi connectivity index (χ1v) is 10.0. The number of pyridine rings is 1. The van der Waals surface area contributed by atoms with Crippen LogP contribution in [0.25, 0.3) is 10.3 Å². The average Bonchev–Trinajstić information content (AvgIpc) is 3.29. The highest BCUT2D eigenvalue weighted by atomic mass is 32.1. The standard InChI is InChI=1S/C21H23N3OS/c1-14-10-11-22-20-19(14)26-21(23-20)24-12-6-9-17(24)18(25)13-15(2)16-7-4-3-5-8-16/h3-5,7-8,10-11,15,17H,6,9,12-13H2,1-2H3/t15-,17+/m0/s1. The van der Waals surface area contributed by atoms with Gasteiger partial charge in [0.2, 0.25) is 0 Å². The Morgan fingerprint density at radius 3 is 2.88 bits per heavy atom. The predicted octanol–water partition coefficient (Wildman–Crippen LogP) is 4.73. The van der Waals surface area contributed by atoms with Crippen LogP contribution in [0, 0.1) is 6.92 Å². The second-order valence-electron chi connectivity index (χ2n) is 7.11.